The van der Waals surface area contributed by atoms with Gasteiger partial charge in [0, 0.05) is 19.2 Å². The van der Waals surface area contributed by atoms with Crippen LogP contribution in [0.2, 0.25) is 0 Å². The SMILES string of the molecule is COCC(C)(O)CNC(=O)c1ccc2nsnc2c1. The Hall–Kier alpha value is -1.57. The standard InChI is InChI=1S/C12H15N3O3S/c1-12(17,7-18-2)6-13-11(16)8-3-4-9-10(5-8)15-19-14-9/h3-5,17H,6-7H2,1-2H3,(H,13,16). The first kappa shape index (κ1) is 13.9. The Balaban J connectivity index is 2.03. The average Bonchev–Trinajstić information content (AvgIpc) is 2.83. The van der Waals surface area contributed by atoms with E-state index in [1.54, 1.807) is 25.1 Å². The molecule has 19 heavy (non-hydrogen) atoms. The minimum absolute atomic E-state index is 0.118. The van der Waals surface area contributed by atoms with Crippen LogP contribution in [0.25, 0.3) is 11.0 Å². The first-order chi connectivity index (χ1) is 9.02. The molecule has 0 spiro atoms. The van der Waals surface area contributed by atoms with E-state index in [1.807, 2.05) is 0 Å². The summed E-state index contributed by atoms with van der Waals surface area (Å²) in [5, 5.41) is 12.6. The van der Waals surface area contributed by atoms with Gasteiger partial charge in [-0.05, 0) is 25.1 Å². The van der Waals surface area contributed by atoms with Gasteiger partial charge < -0.3 is 15.2 Å². The molecule has 0 fully saturated rings. The number of hydrogen-bond donors (Lipinski definition) is 2. The molecular weight excluding hydrogens is 266 g/mol. The fourth-order valence-electron chi connectivity index (χ4n) is 1.66. The van der Waals surface area contributed by atoms with E-state index in [1.165, 1.54) is 7.11 Å². The largest absolute Gasteiger partial charge is 0.386 e. The van der Waals surface area contributed by atoms with Crippen LogP contribution < -0.4 is 5.32 Å². The quantitative estimate of drug-likeness (QED) is 0.847. The fraction of sp³-hybridized carbons (Fsp3) is 0.417. The van der Waals surface area contributed by atoms with Gasteiger partial charge in [0.05, 0.1) is 18.3 Å². The number of amides is 1. The first-order valence-corrected chi connectivity index (χ1v) is 6.47. The minimum atomic E-state index is -1.09. The summed E-state index contributed by atoms with van der Waals surface area (Å²) in [7, 11) is 1.50. The molecule has 1 aromatic carbocycles. The molecule has 0 aliphatic rings. The number of aromatic nitrogens is 2. The van der Waals surface area contributed by atoms with Crippen LogP contribution in [0, 0.1) is 0 Å². The highest BCUT2D eigenvalue weighted by molar-refractivity contribution is 7.00. The Morgan fingerprint density at radius 3 is 2.95 bits per heavy atom. The zero-order chi connectivity index (χ0) is 13.9. The highest BCUT2D eigenvalue weighted by Gasteiger charge is 2.21. The minimum Gasteiger partial charge on any atom is -0.386 e. The second-order valence-corrected chi connectivity index (χ2v) is 5.11. The summed E-state index contributed by atoms with van der Waals surface area (Å²) in [4.78, 5) is 12.0. The molecule has 6 nitrogen and oxygen atoms in total. The smallest absolute Gasteiger partial charge is 0.251 e. The molecule has 2 rings (SSSR count). The summed E-state index contributed by atoms with van der Waals surface area (Å²) in [6.07, 6.45) is 0. The lowest BCUT2D eigenvalue weighted by Gasteiger charge is -2.22. The Morgan fingerprint density at radius 1 is 1.47 bits per heavy atom. The molecule has 0 saturated carbocycles. The lowest BCUT2D eigenvalue weighted by Crippen LogP contribution is -2.43. The maximum atomic E-state index is 12.0. The predicted octanol–water partition coefficient (Wildman–Crippen LogP) is 0.818. The lowest BCUT2D eigenvalue weighted by molar-refractivity contribution is -0.0147. The van der Waals surface area contributed by atoms with E-state index in [0.29, 0.717) is 11.1 Å². The summed E-state index contributed by atoms with van der Waals surface area (Å²) >= 11 is 1.11. The van der Waals surface area contributed by atoms with Crippen molar-refractivity contribution in [1.29, 1.82) is 0 Å². The molecule has 0 bridgehead atoms. The average molecular weight is 281 g/mol. The number of carbonyl (C=O) groups is 1. The highest BCUT2D eigenvalue weighted by Crippen LogP contribution is 2.13. The maximum Gasteiger partial charge on any atom is 0.251 e. The van der Waals surface area contributed by atoms with Crippen molar-refractivity contribution < 1.29 is 14.6 Å². The third-order valence-electron chi connectivity index (χ3n) is 2.60. The molecule has 1 amide bonds. The van der Waals surface area contributed by atoms with Gasteiger partial charge in [0.25, 0.3) is 5.91 Å². The van der Waals surface area contributed by atoms with Crippen molar-refractivity contribution in [2.45, 2.75) is 12.5 Å². The Kier molecular flexibility index (Phi) is 4.08. The van der Waals surface area contributed by atoms with Crippen LogP contribution in [0.4, 0.5) is 0 Å². The number of nitrogens with zero attached hydrogens (tertiary/aromatic N) is 2. The number of nitrogens with one attached hydrogen (secondary N) is 1. The van der Waals surface area contributed by atoms with E-state index in [4.69, 9.17) is 4.74 Å². The Morgan fingerprint density at radius 2 is 2.21 bits per heavy atom. The molecule has 0 radical (unpaired) electrons. The van der Waals surface area contributed by atoms with E-state index in [2.05, 4.69) is 14.1 Å². The van der Waals surface area contributed by atoms with Gasteiger partial charge in [0.2, 0.25) is 0 Å². The third kappa shape index (κ3) is 3.46. The molecule has 0 aliphatic carbocycles. The second-order valence-electron chi connectivity index (χ2n) is 4.58. The van der Waals surface area contributed by atoms with Crippen molar-refractivity contribution in [3.05, 3.63) is 23.8 Å². The van der Waals surface area contributed by atoms with Gasteiger partial charge in [-0.25, -0.2) is 0 Å². The normalized spacial score (nSPS) is 14.3. The van der Waals surface area contributed by atoms with E-state index in [0.717, 1.165) is 17.2 Å². The summed E-state index contributed by atoms with van der Waals surface area (Å²) in [6.45, 7) is 1.87. The molecule has 102 valence electrons. The van der Waals surface area contributed by atoms with E-state index >= 15 is 0 Å². The number of ether oxygens (including phenoxy) is 1. The van der Waals surface area contributed by atoms with Crippen molar-refractivity contribution in [3.63, 3.8) is 0 Å². The van der Waals surface area contributed by atoms with E-state index in [9.17, 15) is 9.90 Å². The van der Waals surface area contributed by atoms with Crippen LogP contribution in [0.3, 0.4) is 0 Å². The van der Waals surface area contributed by atoms with Crippen LogP contribution in [-0.2, 0) is 4.74 Å². The Labute approximate surface area is 114 Å². The summed E-state index contributed by atoms with van der Waals surface area (Å²) in [5.41, 5.74) is 0.874. The van der Waals surface area contributed by atoms with Gasteiger partial charge in [-0.15, -0.1) is 0 Å². The maximum absolute atomic E-state index is 12.0. The van der Waals surface area contributed by atoms with Gasteiger partial charge in [-0.2, -0.15) is 8.75 Å². The van der Waals surface area contributed by atoms with Gasteiger partial charge in [0.1, 0.15) is 16.6 Å². The van der Waals surface area contributed by atoms with Crippen molar-refractivity contribution >= 4 is 28.7 Å². The number of rotatable bonds is 5. The van der Waals surface area contributed by atoms with Crippen molar-refractivity contribution in [2.24, 2.45) is 0 Å². The molecular formula is C12H15N3O3S. The zero-order valence-electron chi connectivity index (χ0n) is 10.7. The van der Waals surface area contributed by atoms with E-state index < -0.39 is 5.60 Å². The first-order valence-electron chi connectivity index (χ1n) is 5.74. The van der Waals surface area contributed by atoms with Gasteiger partial charge >= 0.3 is 0 Å². The van der Waals surface area contributed by atoms with E-state index in [-0.39, 0.29) is 19.1 Å². The van der Waals surface area contributed by atoms with Crippen LogP contribution in [-0.4, -0.2) is 45.6 Å². The number of aliphatic hydroxyl groups is 1. The number of carbonyl (C=O) groups excluding carboxylic acids is 1. The molecule has 2 N–H and O–H groups in total. The van der Waals surface area contributed by atoms with Crippen LogP contribution in [0.5, 0.6) is 0 Å². The molecule has 1 heterocycles. The fourth-order valence-corrected chi connectivity index (χ4v) is 2.18. The summed E-state index contributed by atoms with van der Waals surface area (Å²) in [6, 6.07) is 5.12. The van der Waals surface area contributed by atoms with Crippen molar-refractivity contribution in [1.82, 2.24) is 14.1 Å². The third-order valence-corrected chi connectivity index (χ3v) is 3.16. The molecule has 1 atom stereocenters. The highest BCUT2D eigenvalue weighted by atomic mass is 32.1. The molecule has 1 aromatic heterocycles. The summed E-state index contributed by atoms with van der Waals surface area (Å²) in [5.74, 6) is -0.258. The number of methoxy groups -OCH3 is 1. The monoisotopic (exact) mass is 281 g/mol. The lowest BCUT2D eigenvalue weighted by atomic mass is 10.1. The zero-order valence-corrected chi connectivity index (χ0v) is 11.5. The summed E-state index contributed by atoms with van der Waals surface area (Å²) < 4.78 is 13.0. The van der Waals surface area contributed by atoms with Crippen LogP contribution in [0.1, 0.15) is 17.3 Å². The van der Waals surface area contributed by atoms with Gasteiger partial charge in [-0.3, -0.25) is 4.79 Å². The van der Waals surface area contributed by atoms with Gasteiger partial charge in [0.15, 0.2) is 0 Å². The molecule has 2 aromatic rings. The second kappa shape index (κ2) is 5.60. The molecule has 1 unspecified atom stereocenters. The van der Waals surface area contributed by atoms with Crippen molar-refractivity contribution in [3.8, 4) is 0 Å². The topological polar surface area (TPSA) is 84.3 Å². The van der Waals surface area contributed by atoms with Gasteiger partial charge in [-0.1, -0.05) is 0 Å². The Bertz CT molecular complexity index is 582. The molecule has 7 heteroatoms. The molecule has 0 aliphatic heterocycles. The van der Waals surface area contributed by atoms with Crippen LogP contribution in [0.15, 0.2) is 18.2 Å². The predicted molar refractivity (Wildman–Crippen MR) is 72.2 cm³/mol. The molecule has 0 saturated heterocycles. The van der Waals surface area contributed by atoms with Crippen LogP contribution >= 0.6 is 11.7 Å². The number of fused-ring (bicyclic) bond motifs is 1. The number of hydrogen-bond acceptors (Lipinski definition) is 6. The van der Waals surface area contributed by atoms with Crippen molar-refractivity contribution in [2.75, 3.05) is 20.3 Å². The number of benzene rings is 1.